The van der Waals surface area contributed by atoms with Crippen molar-refractivity contribution >= 4 is 17.5 Å². The second-order valence-electron chi connectivity index (χ2n) is 6.47. The Kier molecular flexibility index (Phi) is 3.87. The highest BCUT2D eigenvalue weighted by Crippen LogP contribution is 2.43. The number of aliphatic hydroxyl groups excluding tert-OH is 1. The van der Waals surface area contributed by atoms with Crippen molar-refractivity contribution < 1.29 is 5.11 Å². The lowest BCUT2D eigenvalue weighted by molar-refractivity contribution is 0.154. The van der Waals surface area contributed by atoms with Gasteiger partial charge in [-0.15, -0.1) is 0 Å². The lowest BCUT2D eigenvalue weighted by atomic mass is 10.1. The number of β-amino-alcohol motifs (C(OH)–C–C–N with tert-alkyl or cyclic N) is 1. The summed E-state index contributed by atoms with van der Waals surface area (Å²) in [5.41, 5.74) is 2.46. The first-order chi connectivity index (χ1) is 11.3. The fourth-order valence-corrected chi connectivity index (χ4v) is 3.23. The number of aliphatic hydroxyl groups is 1. The number of rotatable bonds is 4. The summed E-state index contributed by atoms with van der Waals surface area (Å²) in [5, 5.41) is 13.2. The molecule has 0 radical (unpaired) electrons. The third-order valence-corrected chi connectivity index (χ3v) is 4.59. The third kappa shape index (κ3) is 3.29. The van der Waals surface area contributed by atoms with Crippen LogP contribution in [0.25, 0.3) is 0 Å². The van der Waals surface area contributed by atoms with Crippen LogP contribution in [0, 0.1) is 0 Å². The molecule has 1 aliphatic heterocycles. The summed E-state index contributed by atoms with van der Waals surface area (Å²) < 4.78 is 0. The summed E-state index contributed by atoms with van der Waals surface area (Å²) in [6, 6.07) is 10.3. The fourth-order valence-electron chi connectivity index (χ4n) is 3.23. The highest BCUT2D eigenvalue weighted by molar-refractivity contribution is 5.61. The van der Waals surface area contributed by atoms with E-state index in [0.29, 0.717) is 18.4 Å². The molecule has 2 heterocycles. The number of benzene rings is 1. The summed E-state index contributed by atoms with van der Waals surface area (Å²) in [6.45, 7) is 1.58. The number of hydrogen-bond donors (Lipinski definition) is 2. The van der Waals surface area contributed by atoms with Gasteiger partial charge >= 0.3 is 0 Å². The molecule has 2 N–H and O–H groups in total. The largest absolute Gasteiger partial charge is 0.391 e. The topological polar surface area (TPSA) is 61.3 Å². The lowest BCUT2D eigenvalue weighted by Crippen LogP contribution is -2.38. The zero-order valence-corrected chi connectivity index (χ0v) is 13.2. The molecule has 1 aromatic heterocycles. The molecule has 1 saturated heterocycles. The minimum Gasteiger partial charge on any atom is -0.391 e. The highest BCUT2D eigenvalue weighted by Gasteiger charge is 2.26. The van der Waals surface area contributed by atoms with E-state index in [9.17, 15) is 5.11 Å². The molecule has 5 heteroatoms. The molecular weight excluding hydrogens is 288 g/mol. The van der Waals surface area contributed by atoms with Crippen LogP contribution >= 0.6 is 0 Å². The van der Waals surface area contributed by atoms with Crippen LogP contribution in [-0.4, -0.2) is 34.3 Å². The normalized spacial score (nSPS) is 21.3. The van der Waals surface area contributed by atoms with Gasteiger partial charge in [0.05, 0.1) is 6.10 Å². The molecule has 1 unspecified atom stereocenters. The van der Waals surface area contributed by atoms with Gasteiger partial charge < -0.3 is 15.3 Å². The van der Waals surface area contributed by atoms with Gasteiger partial charge in [0.25, 0.3) is 0 Å². The Morgan fingerprint density at radius 3 is 2.83 bits per heavy atom. The van der Waals surface area contributed by atoms with Gasteiger partial charge in [0.15, 0.2) is 0 Å². The van der Waals surface area contributed by atoms with E-state index in [1.807, 2.05) is 12.1 Å². The lowest BCUT2D eigenvalue weighted by Gasteiger charge is -2.31. The zero-order chi connectivity index (χ0) is 15.6. The Labute approximate surface area is 136 Å². The Bertz CT molecular complexity index is 686. The molecule has 2 fully saturated rings. The maximum Gasteiger partial charge on any atom is 0.229 e. The second-order valence-corrected chi connectivity index (χ2v) is 6.47. The number of anilines is 3. The number of nitrogens with one attached hydrogen (secondary N) is 1. The third-order valence-electron chi connectivity index (χ3n) is 4.59. The van der Waals surface area contributed by atoms with Gasteiger partial charge in [0.1, 0.15) is 5.82 Å². The smallest absolute Gasteiger partial charge is 0.229 e. The van der Waals surface area contributed by atoms with Crippen LogP contribution in [0.1, 0.15) is 37.2 Å². The Hall–Kier alpha value is -2.14. The average molecular weight is 310 g/mol. The molecule has 5 nitrogen and oxygen atoms in total. The van der Waals surface area contributed by atoms with E-state index in [1.165, 1.54) is 18.4 Å². The van der Waals surface area contributed by atoms with E-state index >= 15 is 0 Å². The second kappa shape index (κ2) is 6.16. The Balaban J connectivity index is 1.55. The predicted octanol–water partition coefficient (Wildman–Crippen LogP) is 3.06. The molecule has 1 atom stereocenters. The van der Waals surface area contributed by atoms with E-state index in [0.717, 1.165) is 30.9 Å². The molecular formula is C18H22N4O. The van der Waals surface area contributed by atoms with Crippen molar-refractivity contribution in [1.82, 2.24) is 9.97 Å². The SMILES string of the molecule is OC1CCCN(c2ccnc(Nc3ccccc3C3CC3)n2)C1. The van der Waals surface area contributed by atoms with Crippen molar-refractivity contribution in [2.24, 2.45) is 0 Å². The number of hydrogen-bond acceptors (Lipinski definition) is 5. The van der Waals surface area contributed by atoms with Gasteiger partial charge in [0, 0.05) is 25.0 Å². The average Bonchev–Trinajstić information content (AvgIpc) is 3.41. The van der Waals surface area contributed by atoms with Gasteiger partial charge in [-0.3, -0.25) is 0 Å². The quantitative estimate of drug-likeness (QED) is 0.909. The van der Waals surface area contributed by atoms with Gasteiger partial charge in [0.2, 0.25) is 5.95 Å². The molecule has 2 aromatic rings. The van der Waals surface area contributed by atoms with Crippen molar-refractivity contribution in [3.05, 3.63) is 42.1 Å². The highest BCUT2D eigenvalue weighted by atomic mass is 16.3. The van der Waals surface area contributed by atoms with Crippen LogP contribution in [0.4, 0.5) is 17.5 Å². The van der Waals surface area contributed by atoms with Crippen molar-refractivity contribution in [2.75, 3.05) is 23.3 Å². The maximum absolute atomic E-state index is 9.85. The minimum atomic E-state index is -0.259. The van der Waals surface area contributed by atoms with Gasteiger partial charge in [-0.1, -0.05) is 18.2 Å². The van der Waals surface area contributed by atoms with E-state index in [1.54, 1.807) is 6.20 Å². The van der Waals surface area contributed by atoms with Crippen LogP contribution in [0.3, 0.4) is 0 Å². The monoisotopic (exact) mass is 310 g/mol. The molecule has 4 rings (SSSR count). The van der Waals surface area contributed by atoms with E-state index in [2.05, 4.69) is 38.4 Å². The summed E-state index contributed by atoms with van der Waals surface area (Å²) >= 11 is 0. The number of aromatic nitrogens is 2. The molecule has 120 valence electrons. The van der Waals surface area contributed by atoms with Gasteiger partial charge in [-0.25, -0.2) is 4.98 Å². The van der Waals surface area contributed by atoms with E-state index < -0.39 is 0 Å². The maximum atomic E-state index is 9.85. The molecule has 0 amide bonds. The van der Waals surface area contributed by atoms with Crippen LogP contribution in [0.5, 0.6) is 0 Å². The van der Waals surface area contributed by atoms with E-state index in [4.69, 9.17) is 0 Å². The summed E-state index contributed by atoms with van der Waals surface area (Å²) in [6.07, 6.45) is 5.94. The number of piperidine rings is 1. The van der Waals surface area contributed by atoms with E-state index in [-0.39, 0.29) is 6.10 Å². The summed E-state index contributed by atoms with van der Waals surface area (Å²) in [5.74, 6) is 2.18. The molecule has 1 aliphatic carbocycles. The standard InChI is InChI=1S/C18H22N4O/c23-14-4-3-11-22(12-14)17-9-10-19-18(21-17)20-16-6-2-1-5-15(16)13-7-8-13/h1-2,5-6,9-10,13-14,23H,3-4,7-8,11-12H2,(H,19,20,21). The first-order valence-corrected chi connectivity index (χ1v) is 8.41. The van der Waals surface area contributed by atoms with Crippen molar-refractivity contribution in [1.29, 1.82) is 0 Å². The fraction of sp³-hybridized carbons (Fsp3) is 0.444. The van der Waals surface area contributed by atoms with Gasteiger partial charge in [-0.05, 0) is 49.3 Å². The van der Waals surface area contributed by atoms with Crippen molar-refractivity contribution in [2.45, 2.75) is 37.7 Å². The minimum absolute atomic E-state index is 0.259. The van der Waals surface area contributed by atoms with Crippen LogP contribution < -0.4 is 10.2 Å². The molecule has 0 bridgehead atoms. The molecule has 23 heavy (non-hydrogen) atoms. The van der Waals surface area contributed by atoms with Gasteiger partial charge in [-0.2, -0.15) is 4.98 Å². The van der Waals surface area contributed by atoms with Crippen molar-refractivity contribution in [3.8, 4) is 0 Å². The summed E-state index contributed by atoms with van der Waals surface area (Å²) in [7, 11) is 0. The van der Waals surface area contributed by atoms with Crippen LogP contribution in [0.15, 0.2) is 36.5 Å². The molecule has 1 aromatic carbocycles. The molecule has 1 saturated carbocycles. The van der Waals surface area contributed by atoms with Crippen LogP contribution in [0.2, 0.25) is 0 Å². The van der Waals surface area contributed by atoms with Crippen LogP contribution in [-0.2, 0) is 0 Å². The summed E-state index contributed by atoms with van der Waals surface area (Å²) in [4.78, 5) is 11.1. The predicted molar refractivity (Wildman–Crippen MR) is 91.2 cm³/mol. The molecule has 0 spiro atoms. The first-order valence-electron chi connectivity index (χ1n) is 8.41. The zero-order valence-electron chi connectivity index (χ0n) is 13.2. The number of nitrogens with zero attached hydrogens (tertiary/aromatic N) is 3. The molecule has 2 aliphatic rings. The Morgan fingerprint density at radius 1 is 1.13 bits per heavy atom. The Morgan fingerprint density at radius 2 is 2.00 bits per heavy atom. The van der Waals surface area contributed by atoms with Crippen molar-refractivity contribution in [3.63, 3.8) is 0 Å². The first kappa shape index (κ1) is 14.5. The number of para-hydroxylation sites is 1.